The van der Waals surface area contributed by atoms with Crippen LogP contribution in [0.2, 0.25) is 5.02 Å². The number of carbonyl (C=O) groups excluding carboxylic acids is 2. The lowest BCUT2D eigenvalue weighted by atomic mass is 9.90. The molecule has 4 rings (SSSR count). The molecule has 14 heteroatoms. The Morgan fingerprint density at radius 3 is 2.64 bits per heavy atom. The molecule has 5 atom stereocenters. The van der Waals surface area contributed by atoms with Gasteiger partial charge in [0.2, 0.25) is 0 Å². The highest BCUT2D eigenvalue weighted by molar-refractivity contribution is 7.99. The minimum atomic E-state index is -1.04. The number of esters is 2. The lowest BCUT2D eigenvalue weighted by Crippen LogP contribution is -2.53. The summed E-state index contributed by atoms with van der Waals surface area (Å²) >= 11 is 7.41. The first-order valence-corrected chi connectivity index (χ1v) is 12.9. The topological polar surface area (TPSA) is 129 Å². The van der Waals surface area contributed by atoms with Crippen molar-refractivity contribution in [2.24, 2.45) is 5.92 Å². The van der Waals surface area contributed by atoms with Gasteiger partial charge < -0.3 is 14.2 Å². The van der Waals surface area contributed by atoms with Gasteiger partial charge in [0.15, 0.2) is 23.4 Å². The zero-order valence-electron chi connectivity index (χ0n) is 20.9. The van der Waals surface area contributed by atoms with E-state index >= 15 is 0 Å². The van der Waals surface area contributed by atoms with Crippen molar-refractivity contribution in [3.8, 4) is 17.3 Å². The first kappa shape index (κ1) is 28.4. The van der Waals surface area contributed by atoms with Crippen LogP contribution in [0.3, 0.4) is 0 Å². The van der Waals surface area contributed by atoms with Crippen molar-refractivity contribution in [1.29, 1.82) is 5.26 Å². The lowest BCUT2D eigenvalue weighted by Gasteiger charge is -2.44. The molecule has 1 fully saturated rings. The Morgan fingerprint density at radius 1 is 1.23 bits per heavy atom. The molecule has 0 aliphatic carbocycles. The molecule has 0 spiro atoms. The largest absolute Gasteiger partial charge is 0.463 e. The van der Waals surface area contributed by atoms with Crippen molar-refractivity contribution in [3.05, 3.63) is 59.0 Å². The highest BCUT2D eigenvalue weighted by Gasteiger charge is 2.48. The van der Waals surface area contributed by atoms with E-state index in [-0.39, 0.29) is 23.0 Å². The summed E-state index contributed by atoms with van der Waals surface area (Å²) < 4.78 is 45.9. The fourth-order valence-corrected chi connectivity index (χ4v) is 5.58. The molecule has 0 saturated carbocycles. The minimum Gasteiger partial charge on any atom is -0.463 e. The molecule has 1 aliphatic rings. The summed E-state index contributed by atoms with van der Waals surface area (Å²) in [6.45, 7) is 4.11. The van der Waals surface area contributed by atoms with E-state index in [0.29, 0.717) is 10.5 Å². The zero-order valence-corrected chi connectivity index (χ0v) is 22.4. The molecule has 0 radical (unpaired) electrons. The maximum Gasteiger partial charge on any atom is 0.303 e. The van der Waals surface area contributed by atoms with Crippen molar-refractivity contribution in [2.75, 3.05) is 6.61 Å². The number of nitrogens with zero attached hydrogens (tertiary/aromatic N) is 5. The van der Waals surface area contributed by atoms with E-state index in [2.05, 4.69) is 15.3 Å². The number of rotatable bonds is 7. The fourth-order valence-electron chi connectivity index (χ4n) is 4.16. The molecule has 2 aromatic heterocycles. The molecule has 0 bridgehead atoms. The molecule has 2 unspecified atom stereocenters. The van der Waals surface area contributed by atoms with Crippen LogP contribution in [0.4, 0.5) is 8.78 Å². The summed E-state index contributed by atoms with van der Waals surface area (Å²) in [7, 11) is 0. The zero-order chi connectivity index (χ0) is 28.3. The first-order chi connectivity index (χ1) is 18.6. The Kier molecular flexibility index (Phi) is 8.79. The number of ether oxygens (including phenoxy) is 3. The highest BCUT2D eigenvalue weighted by Crippen LogP contribution is 2.43. The summed E-state index contributed by atoms with van der Waals surface area (Å²) in [5.41, 5.74) is 0.0261. The molecular weight excluding hydrogens is 556 g/mol. The van der Waals surface area contributed by atoms with Crippen molar-refractivity contribution in [2.45, 2.75) is 49.4 Å². The molecular formula is C25H22ClF2N5O5S. The van der Waals surface area contributed by atoms with E-state index < -0.39 is 53.2 Å². The van der Waals surface area contributed by atoms with Gasteiger partial charge in [-0.15, -0.1) is 5.10 Å². The fraction of sp³-hybridized carbons (Fsp3) is 0.360. The van der Waals surface area contributed by atoms with Crippen LogP contribution in [0.25, 0.3) is 11.3 Å². The number of halogens is 3. The van der Waals surface area contributed by atoms with Gasteiger partial charge >= 0.3 is 11.9 Å². The van der Waals surface area contributed by atoms with Crippen LogP contribution in [-0.2, 0) is 23.8 Å². The van der Waals surface area contributed by atoms with Gasteiger partial charge in [-0.2, -0.15) is 5.26 Å². The van der Waals surface area contributed by atoms with Crippen LogP contribution in [0, 0.1) is 28.9 Å². The van der Waals surface area contributed by atoms with Crippen molar-refractivity contribution in [1.82, 2.24) is 20.0 Å². The molecule has 204 valence electrons. The molecule has 0 amide bonds. The van der Waals surface area contributed by atoms with Crippen LogP contribution >= 0.6 is 23.4 Å². The predicted molar refractivity (Wildman–Crippen MR) is 134 cm³/mol. The maximum absolute atomic E-state index is 13.8. The molecule has 3 aromatic rings. The van der Waals surface area contributed by atoms with E-state index in [1.807, 2.05) is 13.0 Å². The number of hydrogen-bond acceptors (Lipinski definition) is 10. The Balaban J connectivity index is 1.72. The monoisotopic (exact) mass is 577 g/mol. The second-order valence-electron chi connectivity index (χ2n) is 8.71. The molecule has 3 heterocycles. The van der Waals surface area contributed by atoms with Gasteiger partial charge in [-0.1, -0.05) is 35.5 Å². The summed E-state index contributed by atoms with van der Waals surface area (Å²) in [5.74, 6) is -3.58. The predicted octanol–water partition coefficient (Wildman–Crippen LogP) is 4.33. The minimum absolute atomic E-state index is 0.0755. The Morgan fingerprint density at radius 2 is 2.00 bits per heavy atom. The van der Waals surface area contributed by atoms with Crippen LogP contribution in [0.5, 0.6) is 0 Å². The summed E-state index contributed by atoms with van der Waals surface area (Å²) in [5, 5.41) is 17.6. The Hall–Kier alpha value is -3.60. The number of nitriles is 1. The molecule has 1 saturated heterocycles. The first-order valence-electron chi connectivity index (χ1n) is 11.6. The van der Waals surface area contributed by atoms with E-state index in [0.717, 1.165) is 12.1 Å². The van der Waals surface area contributed by atoms with Crippen LogP contribution in [-0.4, -0.2) is 56.2 Å². The highest BCUT2D eigenvalue weighted by atomic mass is 35.5. The number of thioether (sulfide) groups is 1. The van der Waals surface area contributed by atoms with E-state index in [9.17, 15) is 18.4 Å². The van der Waals surface area contributed by atoms with E-state index in [1.54, 1.807) is 6.07 Å². The van der Waals surface area contributed by atoms with Gasteiger partial charge in [0.05, 0.1) is 17.3 Å². The van der Waals surface area contributed by atoms with Crippen LogP contribution < -0.4 is 0 Å². The van der Waals surface area contributed by atoms with Gasteiger partial charge in [-0.05, 0) is 24.3 Å². The van der Waals surface area contributed by atoms with Crippen molar-refractivity contribution >= 4 is 35.3 Å². The Bertz CT molecular complexity index is 1430. The third-order valence-electron chi connectivity index (χ3n) is 5.94. The quantitative estimate of drug-likeness (QED) is 0.374. The number of benzene rings is 1. The molecule has 0 N–H and O–H groups in total. The number of aromatic nitrogens is 4. The summed E-state index contributed by atoms with van der Waals surface area (Å²) in [6.07, 6.45) is 1.17. The SMILES string of the molecule is CC(=O)OCC1O[C@H](Sc2cnc(C#N)c(Cl)c2)[C@@H](C)C(n2cc(-c3ccc(F)c(F)c3)nn2)[C@H]1OC(C)=O. The second kappa shape index (κ2) is 12.1. The van der Waals surface area contributed by atoms with Crippen LogP contribution in [0.15, 0.2) is 41.6 Å². The summed E-state index contributed by atoms with van der Waals surface area (Å²) in [6, 6.07) is 6.17. The smallest absolute Gasteiger partial charge is 0.303 e. The van der Waals surface area contributed by atoms with E-state index in [1.165, 1.54) is 48.8 Å². The molecule has 10 nitrogen and oxygen atoms in total. The average Bonchev–Trinajstić information content (AvgIpc) is 3.36. The maximum atomic E-state index is 13.8. The van der Waals surface area contributed by atoms with Gasteiger partial charge in [-0.3, -0.25) is 9.59 Å². The Labute approximate surface area is 231 Å². The van der Waals surface area contributed by atoms with Crippen LogP contribution in [0.1, 0.15) is 32.5 Å². The lowest BCUT2D eigenvalue weighted by molar-refractivity contribution is -0.191. The van der Waals surface area contributed by atoms with Crippen molar-refractivity contribution in [3.63, 3.8) is 0 Å². The van der Waals surface area contributed by atoms with Gasteiger partial charge in [0, 0.05) is 36.4 Å². The summed E-state index contributed by atoms with van der Waals surface area (Å²) in [4.78, 5) is 28.3. The number of carbonyl (C=O) groups is 2. The molecule has 1 aliphatic heterocycles. The van der Waals surface area contributed by atoms with E-state index in [4.69, 9.17) is 31.1 Å². The molecule has 1 aromatic carbocycles. The van der Waals surface area contributed by atoms with Gasteiger partial charge in [-0.25, -0.2) is 18.4 Å². The third-order valence-corrected chi connectivity index (χ3v) is 7.49. The molecule has 39 heavy (non-hydrogen) atoms. The number of pyridine rings is 1. The normalized spacial score (nSPS) is 22.6. The standard InChI is InChI=1S/C25H22ClF2N5O5S/c1-12-23(33-10-21(31-32-33)15-4-5-18(27)19(28)6-15)24(37-14(3)35)22(11-36-13(2)34)38-25(12)39-16-7-17(26)20(8-29)30-9-16/h4-7,9-10,12,22-25H,11H2,1-3H3/t12-,22?,23?,24-,25+/m0/s1. The van der Waals surface area contributed by atoms with Gasteiger partial charge in [0.25, 0.3) is 0 Å². The average molecular weight is 578 g/mol. The van der Waals surface area contributed by atoms with Gasteiger partial charge in [0.1, 0.15) is 29.9 Å². The number of hydrogen-bond donors (Lipinski definition) is 0. The van der Waals surface area contributed by atoms with Crippen molar-refractivity contribution < 1.29 is 32.6 Å². The third kappa shape index (κ3) is 6.52. The second-order valence-corrected chi connectivity index (χ2v) is 10.3.